The molecule has 7 heteroatoms. The highest BCUT2D eigenvalue weighted by Gasteiger charge is 2.37. The van der Waals surface area contributed by atoms with Crippen molar-refractivity contribution in [2.45, 2.75) is 20.3 Å². The first-order valence-electron chi connectivity index (χ1n) is 6.48. The van der Waals surface area contributed by atoms with Gasteiger partial charge in [0.2, 0.25) is 5.91 Å². The van der Waals surface area contributed by atoms with Crippen LogP contribution in [0.1, 0.15) is 20.3 Å². The van der Waals surface area contributed by atoms with Gasteiger partial charge >= 0.3 is 12.0 Å². The zero-order valence-electron chi connectivity index (χ0n) is 11.3. The fourth-order valence-electron chi connectivity index (χ4n) is 1.79. The van der Waals surface area contributed by atoms with Crippen LogP contribution in [0.25, 0.3) is 0 Å². The molecule has 1 unspecified atom stereocenters. The predicted molar refractivity (Wildman–Crippen MR) is 68.6 cm³/mol. The van der Waals surface area contributed by atoms with E-state index in [-0.39, 0.29) is 24.4 Å². The number of carboxylic acid groups (broad SMARTS) is 1. The van der Waals surface area contributed by atoms with E-state index in [0.29, 0.717) is 19.6 Å². The molecule has 1 aliphatic heterocycles. The van der Waals surface area contributed by atoms with E-state index < -0.39 is 11.9 Å². The molecule has 0 bridgehead atoms. The van der Waals surface area contributed by atoms with Gasteiger partial charge in [-0.25, -0.2) is 4.79 Å². The zero-order chi connectivity index (χ0) is 14.4. The molecule has 1 rings (SSSR count). The Morgan fingerprint density at radius 1 is 1.32 bits per heavy atom. The molecule has 0 aromatic carbocycles. The third-order valence-electron chi connectivity index (χ3n) is 3.27. The van der Waals surface area contributed by atoms with Crippen molar-refractivity contribution >= 4 is 17.9 Å². The first kappa shape index (κ1) is 15.3. The second-order valence-corrected chi connectivity index (χ2v) is 4.80. The van der Waals surface area contributed by atoms with Crippen LogP contribution in [-0.2, 0) is 9.59 Å². The van der Waals surface area contributed by atoms with Crippen LogP contribution in [0.3, 0.4) is 0 Å². The lowest BCUT2D eigenvalue weighted by atomic mass is 9.87. The summed E-state index contributed by atoms with van der Waals surface area (Å²) in [6.45, 7) is 4.99. The van der Waals surface area contributed by atoms with Gasteiger partial charge in [0.15, 0.2) is 0 Å². The Balaban J connectivity index is 2.20. The number of rotatable bonds is 6. The fourth-order valence-corrected chi connectivity index (χ4v) is 1.79. The average molecular weight is 271 g/mol. The summed E-state index contributed by atoms with van der Waals surface area (Å²) in [5.41, 5.74) is 0. The van der Waals surface area contributed by atoms with Crippen LogP contribution in [0.2, 0.25) is 0 Å². The number of hydrogen-bond acceptors (Lipinski definition) is 3. The van der Waals surface area contributed by atoms with E-state index in [1.54, 1.807) is 6.92 Å². The molecule has 0 radical (unpaired) electrons. The first-order chi connectivity index (χ1) is 8.95. The number of carbonyl (C=O) groups is 3. The zero-order valence-corrected chi connectivity index (χ0v) is 11.3. The molecule has 19 heavy (non-hydrogen) atoms. The predicted octanol–water partition coefficient (Wildman–Crippen LogP) is -0.125. The Bertz CT molecular complexity index is 353. The lowest BCUT2D eigenvalue weighted by Crippen LogP contribution is -2.57. The molecule has 108 valence electrons. The Morgan fingerprint density at radius 2 is 1.95 bits per heavy atom. The van der Waals surface area contributed by atoms with Gasteiger partial charge in [-0.2, -0.15) is 0 Å². The van der Waals surface area contributed by atoms with Crippen LogP contribution < -0.4 is 10.6 Å². The normalized spacial score (nSPS) is 16.4. The van der Waals surface area contributed by atoms with Crippen molar-refractivity contribution in [3.63, 3.8) is 0 Å². The summed E-state index contributed by atoms with van der Waals surface area (Å²) < 4.78 is 0. The quantitative estimate of drug-likeness (QED) is 0.627. The molecular weight excluding hydrogens is 250 g/mol. The maximum Gasteiger partial charge on any atom is 0.317 e. The van der Waals surface area contributed by atoms with E-state index in [2.05, 4.69) is 10.6 Å². The Morgan fingerprint density at radius 3 is 2.47 bits per heavy atom. The second-order valence-electron chi connectivity index (χ2n) is 4.80. The largest absolute Gasteiger partial charge is 0.481 e. The highest BCUT2D eigenvalue weighted by atomic mass is 16.4. The molecule has 0 saturated carbocycles. The summed E-state index contributed by atoms with van der Waals surface area (Å²) in [7, 11) is 0. The van der Waals surface area contributed by atoms with Crippen LogP contribution in [0, 0.1) is 11.8 Å². The number of nitrogens with zero attached hydrogens (tertiary/aromatic N) is 1. The molecule has 1 heterocycles. The minimum atomic E-state index is -0.844. The number of nitrogens with one attached hydrogen (secondary N) is 2. The summed E-state index contributed by atoms with van der Waals surface area (Å²) in [5, 5.41) is 14.0. The van der Waals surface area contributed by atoms with Crippen molar-refractivity contribution in [3.8, 4) is 0 Å². The van der Waals surface area contributed by atoms with Gasteiger partial charge in [0.25, 0.3) is 0 Å². The molecule has 0 aliphatic carbocycles. The monoisotopic (exact) mass is 271 g/mol. The maximum atomic E-state index is 11.6. The number of carboxylic acids is 1. The average Bonchev–Trinajstić information content (AvgIpc) is 2.31. The van der Waals surface area contributed by atoms with Crippen molar-refractivity contribution in [1.29, 1.82) is 0 Å². The van der Waals surface area contributed by atoms with Crippen LogP contribution in [-0.4, -0.2) is 54.1 Å². The maximum absolute atomic E-state index is 11.6. The van der Waals surface area contributed by atoms with E-state index in [4.69, 9.17) is 5.11 Å². The molecule has 1 aliphatic rings. The van der Waals surface area contributed by atoms with Crippen molar-refractivity contribution in [2.75, 3.05) is 26.2 Å². The van der Waals surface area contributed by atoms with Crippen molar-refractivity contribution in [2.24, 2.45) is 11.8 Å². The molecule has 1 fully saturated rings. The van der Waals surface area contributed by atoms with Gasteiger partial charge in [-0.3, -0.25) is 9.59 Å². The summed E-state index contributed by atoms with van der Waals surface area (Å²) in [5.74, 6) is -1.51. The third-order valence-corrected chi connectivity index (χ3v) is 3.27. The van der Waals surface area contributed by atoms with E-state index in [9.17, 15) is 14.4 Å². The van der Waals surface area contributed by atoms with Gasteiger partial charge in [0, 0.05) is 25.6 Å². The summed E-state index contributed by atoms with van der Waals surface area (Å²) in [6.07, 6.45) is 0.848. The minimum Gasteiger partial charge on any atom is -0.481 e. The summed E-state index contributed by atoms with van der Waals surface area (Å²) in [6, 6.07) is -0.319. The van der Waals surface area contributed by atoms with E-state index in [0.717, 1.165) is 6.42 Å². The third kappa shape index (κ3) is 4.42. The lowest BCUT2D eigenvalue weighted by molar-refractivity contribution is -0.144. The Kier molecular flexibility index (Phi) is 5.59. The number of carbonyl (C=O) groups excluding carboxylic acids is 2. The fraction of sp³-hybridized carbons (Fsp3) is 0.750. The number of urea groups is 1. The summed E-state index contributed by atoms with van der Waals surface area (Å²) in [4.78, 5) is 35.2. The van der Waals surface area contributed by atoms with Crippen LogP contribution in [0.5, 0.6) is 0 Å². The number of aliphatic carboxylic acids is 1. The first-order valence-corrected chi connectivity index (χ1v) is 6.48. The molecule has 1 saturated heterocycles. The van der Waals surface area contributed by atoms with E-state index in [1.807, 2.05) is 6.92 Å². The smallest absolute Gasteiger partial charge is 0.317 e. The lowest BCUT2D eigenvalue weighted by Gasteiger charge is -2.40. The second kappa shape index (κ2) is 6.96. The van der Waals surface area contributed by atoms with E-state index >= 15 is 0 Å². The van der Waals surface area contributed by atoms with Crippen LogP contribution in [0.15, 0.2) is 0 Å². The standard InChI is InChI=1S/C12H21N3O4/c1-3-4-13-10(16)5-14-12(19)15-6-9(7-15)8(2)11(17)18/h8-9H,3-7H2,1-2H3,(H,13,16)(H,14,19)(H,17,18). The van der Waals surface area contributed by atoms with Gasteiger partial charge in [-0.05, 0) is 6.42 Å². The van der Waals surface area contributed by atoms with Crippen molar-refractivity contribution in [1.82, 2.24) is 15.5 Å². The van der Waals surface area contributed by atoms with Crippen LogP contribution in [0.4, 0.5) is 4.79 Å². The highest BCUT2D eigenvalue weighted by molar-refractivity contribution is 5.84. The van der Waals surface area contributed by atoms with Crippen LogP contribution >= 0.6 is 0 Å². The molecule has 7 nitrogen and oxygen atoms in total. The minimum absolute atomic E-state index is 0.00262. The Hall–Kier alpha value is -1.79. The molecule has 0 spiro atoms. The van der Waals surface area contributed by atoms with Gasteiger partial charge in [0.1, 0.15) is 0 Å². The molecule has 3 amide bonds. The SMILES string of the molecule is CCCNC(=O)CNC(=O)N1CC(C(C)C(=O)O)C1. The van der Waals surface area contributed by atoms with Gasteiger partial charge in [-0.15, -0.1) is 0 Å². The molecular formula is C12H21N3O4. The number of hydrogen-bond donors (Lipinski definition) is 3. The molecule has 1 atom stereocenters. The van der Waals surface area contributed by atoms with Crippen molar-refractivity contribution in [3.05, 3.63) is 0 Å². The number of amides is 3. The van der Waals surface area contributed by atoms with E-state index in [1.165, 1.54) is 4.90 Å². The van der Waals surface area contributed by atoms with Crippen molar-refractivity contribution < 1.29 is 19.5 Å². The molecule has 3 N–H and O–H groups in total. The molecule has 0 aromatic rings. The highest BCUT2D eigenvalue weighted by Crippen LogP contribution is 2.23. The summed E-state index contributed by atoms with van der Waals surface area (Å²) >= 11 is 0. The van der Waals surface area contributed by atoms with Gasteiger partial charge in [0.05, 0.1) is 12.5 Å². The Labute approximate surface area is 112 Å². The van der Waals surface area contributed by atoms with Gasteiger partial charge < -0.3 is 20.6 Å². The molecule has 0 aromatic heterocycles. The topological polar surface area (TPSA) is 98.7 Å². The number of likely N-dealkylation sites (tertiary alicyclic amines) is 1. The van der Waals surface area contributed by atoms with Gasteiger partial charge in [-0.1, -0.05) is 13.8 Å².